The summed E-state index contributed by atoms with van der Waals surface area (Å²) < 4.78 is 1.75. The van der Waals surface area contributed by atoms with Crippen molar-refractivity contribution in [3.8, 4) is 5.69 Å². The molecule has 4 aromatic rings. The first-order valence-electron chi connectivity index (χ1n) is 10.8. The molecular formula is C26H24ClN5O2. The third kappa shape index (κ3) is 5.22. The molecule has 1 atom stereocenters. The molecule has 7 nitrogen and oxygen atoms in total. The van der Waals surface area contributed by atoms with Gasteiger partial charge in [0.05, 0.1) is 18.3 Å². The molecule has 0 spiro atoms. The monoisotopic (exact) mass is 473 g/mol. The zero-order valence-electron chi connectivity index (χ0n) is 18.6. The molecule has 0 radical (unpaired) electrons. The van der Waals surface area contributed by atoms with Gasteiger partial charge in [0.2, 0.25) is 5.91 Å². The van der Waals surface area contributed by atoms with Crippen LogP contribution in [0.1, 0.15) is 33.1 Å². The fraction of sp³-hybridized carbons (Fsp3) is 0.154. The van der Waals surface area contributed by atoms with Crippen LogP contribution in [-0.2, 0) is 17.8 Å². The standard InChI is InChI=1S/C26H24ClN5O2/c1-17-30-31-24(16-29-26(34)22(28)14-18-8-4-2-5-9-18)32(17)23-13-12-20(27)15-21(23)25(33)19-10-6-3-7-11-19/h2-13,15,22H,14,16,28H2,1H3,(H,29,34)/t22-/m1/s1. The van der Waals surface area contributed by atoms with E-state index in [1.54, 1.807) is 54.0 Å². The van der Waals surface area contributed by atoms with Crippen LogP contribution in [0, 0.1) is 6.92 Å². The van der Waals surface area contributed by atoms with Gasteiger partial charge in [-0.2, -0.15) is 0 Å². The van der Waals surface area contributed by atoms with Gasteiger partial charge < -0.3 is 11.1 Å². The summed E-state index contributed by atoms with van der Waals surface area (Å²) in [5, 5.41) is 11.7. The summed E-state index contributed by atoms with van der Waals surface area (Å²) in [6.07, 6.45) is 0.422. The minimum Gasteiger partial charge on any atom is -0.347 e. The molecule has 0 aliphatic rings. The molecule has 1 amide bonds. The minimum atomic E-state index is -0.703. The fourth-order valence-electron chi connectivity index (χ4n) is 3.72. The van der Waals surface area contributed by atoms with Gasteiger partial charge in [-0.05, 0) is 37.1 Å². The Morgan fingerprint density at radius 3 is 2.38 bits per heavy atom. The van der Waals surface area contributed by atoms with Gasteiger partial charge in [0.25, 0.3) is 0 Å². The van der Waals surface area contributed by atoms with Crippen molar-refractivity contribution >= 4 is 23.3 Å². The van der Waals surface area contributed by atoms with Crippen LogP contribution in [0.2, 0.25) is 5.02 Å². The largest absolute Gasteiger partial charge is 0.347 e. The highest BCUT2D eigenvalue weighted by Gasteiger charge is 2.21. The number of hydrogen-bond acceptors (Lipinski definition) is 5. The van der Waals surface area contributed by atoms with E-state index in [0.717, 1.165) is 5.56 Å². The fourth-order valence-corrected chi connectivity index (χ4v) is 3.89. The number of nitrogens with zero attached hydrogens (tertiary/aromatic N) is 3. The van der Waals surface area contributed by atoms with E-state index in [1.807, 2.05) is 36.4 Å². The summed E-state index contributed by atoms with van der Waals surface area (Å²) in [6, 6.07) is 22.9. The van der Waals surface area contributed by atoms with E-state index in [0.29, 0.717) is 39.9 Å². The number of aromatic nitrogens is 3. The zero-order valence-corrected chi connectivity index (χ0v) is 19.4. The van der Waals surface area contributed by atoms with Gasteiger partial charge in [0.1, 0.15) is 5.82 Å². The Morgan fingerprint density at radius 2 is 1.68 bits per heavy atom. The smallest absolute Gasteiger partial charge is 0.237 e. The Balaban J connectivity index is 1.58. The molecular weight excluding hydrogens is 450 g/mol. The Labute approximate surface area is 202 Å². The maximum Gasteiger partial charge on any atom is 0.237 e. The summed E-state index contributed by atoms with van der Waals surface area (Å²) >= 11 is 6.23. The first-order chi connectivity index (χ1) is 16.4. The molecule has 4 rings (SSSR count). The van der Waals surface area contributed by atoms with Gasteiger partial charge in [-0.1, -0.05) is 72.3 Å². The summed E-state index contributed by atoms with van der Waals surface area (Å²) in [5.74, 6) is 0.572. The molecule has 34 heavy (non-hydrogen) atoms. The second-order valence-corrected chi connectivity index (χ2v) is 8.31. The van der Waals surface area contributed by atoms with Gasteiger partial charge >= 0.3 is 0 Å². The molecule has 3 N–H and O–H groups in total. The van der Waals surface area contributed by atoms with Gasteiger partial charge in [0.15, 0.2) is 11.6 Å². The van der Waals surface area contributed by atoms with E-state index in [9.17, 15) is 9.59 Å². The van der Waals surface area contributed by atoms with E-state index in [2.05, 4.69) is 15.5 Å². The van der Waals surface area contributed by atoms with E-state index in [1.165, 1.54) is 0 Å². The average Bonchev–Trinajstić information content (AvgIpc) is 3.23. The lowest BCUT2D eigenvalue weighted by Gasteiger charge is -2.15. The Bertz CT molecular complexity index is 1310. The van der Waals surface area contributed by atoms with Crippen LogP contribution in [-0.4, -0.2) is 32.5 Å². The second-order valence-electron chi connectivity index (χ2n) is 7.87. The lowest BCUT2D eigenvalue weighted by Crippen LogP contribution is -2.42. The number of aryl methyl sites for hydroxylation is 1. The molecule has 0 saturated carbocycles. The third-order valence-electron chi connectivity index (χ3n) is 5.43. The van der Waals surface area contributed by atoms with Crippen LogP contribution in [0.3, 0.4) is 0 Å². The van der Waals surface area contributed by atoms with Crippen molar-refractivity contribution in [1.82, 2.24) is 20.1 Å². The second kappa shape index (κ2) is 10.4. The number of amides is 1. The summed E-state index contributed by atoms with van der Waals surface area (Å²) in [4.78, 5) is 25.9. The van der Waals surface area contributed by atoms with Crippen molar-refractivity contribution in [2.45, 2.75) is 25.9 Å². The van der Waals surface area contributed by atoms with Crippen molar-refractivity contribution in [1.29, 1.82) is 0 Å². The molecule has 0 fully saturated rings. The van der Waals surface area contributed by atoms with Crippen LogP contribution in [0.5, 0.6) is 0 Å². The van der Waals surface area contributed by atoms with Crippen molar-refractivity contribution in [2.75, 3.05) is 0 Å². The van der Waals surface area contributed by atoms with Crippen LogP contribution < -0.4 is 11.1 Å². The molecule has 0 aliphatic heterocycles. The molecule has 1 heterocycles. The number of ketones is 1. The van der Waals surface area contributed by atoms with Crippen molar-refractivity contribution in [3.05, 3.63) is 112 Å². The summed E-state index contributed by atoms with van der Waals surface area (Å²) in [6.45, 7) is 1.88. The van der Waals surface area contributed by atoms with Crippen molar-refractivity contribution in [2.24, 2.45) is 5.73 Å². The highest BCUT2D eigenvalue weighted by molar-refractivity contribution is 6.31. The number of benzene rings is 3. The Morgan fingerprint density at radius 1 is 1.00 bits per heavy atom. The number of carbonyl (C=O) groups is 2. The predicted molar refractivity (Wildman–Crippen MR) is 131 cm³/mol. The number of carbonyl (C=O) groups excluding carboxylic acids is 2. The number of nitrogens with two attached hydrogens (primary N) is 1. The molecule has 8 heteroatoms. The molecule has 1 aromatic heterocycles. The number of rotatable bonds is 8. The van der Waals surface area contributed by atoms with Crippen LogP contribution in [0.15, 0.2) is 78.9 Å². The molecule has 0 aliphatic carbocycles. The van der Waals surface area contributed by atoms with Gasteiger partial charge in [-0.3, -0.25) is 14.2 Å². The van der Waals surface area contributed by atoms with Crippen molar-refractivity contribution in [3.63, 3.8) is 0 Å². The first-order valence-corrected chi connectivity index (χ1v) is 11.2. The summed E-state index contributed by atoms with van der Waals surface area (Å²) in [7, 11) is 0. The summed E-state index contributed by atoms with van der Waals surface area (Å²) in [5.41, 5.74) is 8.61. The van der Waals surface area contributed by atoms with E-state index in [4.69, 9.17) is 17.3 Å². The number of hydrogen-bond donors (Lipinski definition) is 2. The normalized spacial score (nSPS) is 11.7. The quantitative estimate of drug-likeness (QED) is 0.380. The van der Waals surface area contributed by atoms with Gasteiger partial charge in [0, 0.05) is 16.1 Å². The number of halogens is 1. The molecule has 0 saturated heterocycles. The Kier molecular flexibility index (Phi) is 7.15. The zero-order chi connectivity index (χ0) is 24.1. The SMILES string of the molecule is Cc1nnc(CNC(=O)[C@H](N)Cc2ccccc2)n1-c1ccc(Cl)cc1C(=O)c1ccccc1. The van der Waals surface area contributed by atoms with E-state index >= 15 is 0 Å². The topological polar surface area (TPSA) is 103 Å². The highest BCUT2D eigenvalue weighted by Crippen LogP contribution is 2.25. The maximum atomic E-state index is 13.3. The van der Waals surface area contributed by atoms with Gasteiger partial charge in [-0.15, -0.1) is 10.2 Å². The van der Waals surface area contributed by atoms with Crippen molar-refractivity contribution < 1.29 is 9.59 Å². The highest BCUT2D eigenvalue weighted by atomic mass is 35.5. The lowest BCUT2D eigenvalue weighted by molar-refractivity contribution is -0.122. The lowest BCUT2D eigenvalue weighted by atomic mass is 10.0. The number of nitrogens with one attached hydrogen (secondary N) is 1. The molecule has 0 unspecified atom stereocenters. The van der Waals surface area contributed by atoms with E-state index < -0.39 is 6.04 Å². The molecule has 172 valence electrons. The van der Waals surface area contributed by atoms with Gasteiger partial charge in [-0.25, -0.2) is 0 Å². The molecule has 3 aromatic carbocycles. The van der Waals surface area contributed by atoms with Crippen LogP contribution >= 0.6 is 11.6 Å². The van der Waals surface area contributed by atoms with E-state index in [-0.39, 0.29) is 18.2 Å². The minimum absolute atomic E-state index is 0.101. The third-order valence-corrected chi connectivity index (χ3v) is 5.66. The average molecular weight is 474 g/mol. The first kappa shape index (κ1) is 23.4. The maximum absolute atomic E-state index is 13.3. The van der Waals surface area contributed by atoms with Crippen LogP contribution in [0.25, 0.3) is 5.69 Å². The van der Waals surface area contributed by atoms with Crippen LogP contribution in [0.4, 0.5) is 0 Å². The molecule has 0 bridgehead atoms. The predicted octanol–water partition coefficient (Wildman–Crippen LogP) is 3.65. The Hall–Kier alpha value is -3.81.